The highest BCUT2D eigenvalue weighted by atomic mass is 35.5. The van der Waals surface area contributed by atoms with E-state index in [0.29, 0.717) is 22.9 Å². The molecule has 0 aliphatic carbocycles. The molecule has 3 rings (SSSR count). The van der Waals surface area contributed by atoms with Gasteiger partial charge < -0.3 is 4.74 Å². The number of ether oxygens (including phenoxy) is 1. The van der Waals surface area contributed by atoms with Crippen LogP contribution in [0.1, 0.15) is 29.9 Å². The molecule has 2 amide bonds. The molecule has 1 heterocycles. The first-order valence-corrected chi connectivity index (χ1v) is 9.83. The van der Waals surface area contributed by atoms with Crippen molar-refractivity contribution in [3.63, 3.8) is 0 Å². The van der Waals surface area contributed by atoms with E-state index in [1.54, 1.807) is 18.2 Å². The Morgan fingerprint density at radius 2 is 1.96 bits per heavy atom. The van der Waals surface area contributed by atoms with Crippen LogP contribution in [0.25, 0.3) is 0 Å². The molecule has 0 spiro atoms. The van der Waals surface area contributed by atoms with Crippen LogP contribution in [0.5, 0.6) is 0 Å². The SMILES string of the molecule is C=CC[C@@H](CC(=O)N1C(=O)OC[C@@H]1Cc1ccccc1)c1ccc(Cl)c(Cl)c1. The molecule has 0 unspecified atom stereocenters. The van der Waals surface area contributed by atoms with Crippen LogP contribution in [0, 0.1) is 0 Å². The van der Waals surface area contributed by atoms with Crippen LogP contribution in [0.2, 0.25) is 10.0 Å². The number of carbonyl (C=O) groups is 2. The summed E-state index contributed by atoms with van der Waals surface area (Å²) in [4.78, 5) is 26.5. The van der Waals surface area contributed by atoms with E-state index in [-0.39, 0.29) is 30.9 Å². The smallest absolute Gasteiger partial charge is 0.416 e. The zero-order valence-corrected chi connectivity index (χ0v) is 16.8. The second kappa shape index (κ2) is 9.26. The summed E-state index contributed by atoms with van der Waals surface area (Å²) in [5.41, 5.74) is 1.94. The van der Waals surface area contributed by atoms with Gasteiger partial charge in [0, 0.05) is 6.42 Å². The van der Waals surface area contributed by atoms with Gasteiger partial charge in [-0.3, -0.25) is 4.79 Å². The maximum absolute atomic E-state index is 13.0. The van der Waals surface area contributed by atoms with Crippen LogP contribution < -0.4 is 0 Å². The van der Waals surface area contributed by atoms with Crippen LogP contribution in [0.15, 0.2) is 61.2 Å². The van der Waals surface area contributed by atoms with Crippen molar-refractivity contribution in [2.45, 2.75) is 31.2 Å². The number of cyclic esters (lactones) is 1. The van der Waals surface area contributed by atoms with Crippen LogP contribution in [0.4, 0.5) is 4.79 Å². The van der Waals surface area contributed by atoms with Gasteiger partial charge in [0.1, 0.15) is 6.61 Å². The van der Waals surface area contributed by atoms with Gasteiger partial charge in [-0.05, 0) is 42.0 Å². The van der Waals surface area contributed by atoms with Crippen molar-refractivity contribution >= 4 is 35.2 Å². The van der Waals surface area contributed by atoms with Gasteiger partial charge in [0.15, 0.2) is 0 Å². The molecule has 2 aromatic rings. The second-order valence-electron chi connectivity index (χ2n) is 6.78. The van der Waals surface area contributed by atoms with Crippen molar-refractivity contribution in [3.05, 3.63) is 82.4 Å². The van der Waals surface area contributed by atoms with Crippen LogP contribution in [0.3, 0.4) is 0 Å². The zero-order chi connectivity index (χ0) is 20.1. The van der Waals surface area contributed by atoms with Crippen LogP contribution >= 0.6 is 23.2 Å². The highest BCUT2D eigenvalue weighted by Crippen LogP contribution is 2.31. The van der Waals surface area contributed by atoms with Crippen molar-refractivity contribution in [2.75, 3.05) is 6.61 Å². The number of benzene rings is 2. The van der Waals surface area contributed by atoms with Crippen molar-refractivity contribution in [1.82, 2.24) is 4.90 Å². The first-order chi connectivity index (χ1) is 13.5. The normalized spacial score (nSPS) is 17.3. The van der Waals surface area contributed by atoms with Gasteiger partial charge in [-0.2, -0.15) is 0 Å². The Morgan fingerprint density at radius 1 is 1.21 bits per heavy atom. The summed E-state index contributed by atoms with van der Waals surface area (Å²) in [6, 6.07) is 14.8. The minimum absolute atomic E-state index is 0.148. The summed E-state index contributed by atoms with van der Waals surface area (Å²) in [5.74, 6) is -0.410. The number of allylic oxidation sites excluding steroid dienone is 1. The lowest BCUT2D eigenvalue weighted by Crippen LogP contribution is -2.40. The molecule has 28 heavy (non-hydrogen) atoms. The van der Waals surface area contributed by atoms with E-state index in [2.05, 4.69) is 6.58 Å². The third-order valence-corrected chi connectivity index (χ3v) is 5.57. The Balaban J connectivity index is 1.76. The number of hydrogen-bond donors (Lipinski definition) is 0. The molecular formula is C22H21Cl2NO3. The second-order valence-corrected chi connectivity index (χ2v) is 7.60. The highest BCUT2D eigenvalue weighted by Gasteiger charge is 2.38. The number of rotatable bonds is 7. The Kier molecular flexibility index (Phi) is 6.76. The molecule has 2 aromatic carbocycles. The molecule has 1 fully saturated rings. The maximum Gasteiger partial charge on any atom is 0.416 e. The van der Waals surface area contributed by atoms with Crippen molar-refractivity contribution in [3.8, 4) is 0 Å². The number of nitrogens with zero attached hydrogens (tertiary/aromatic N) is 1. The number of halogens is 2. The summed E-state index contributed by atoms with van der Waals surface area (Å²) < 4.78 is 5.16. The van der Waals surface area contributed by atoms with Gasteiger partial charge in [0.25, 0.3) is 0 Å². The summed E-state index contributed by atoms with van der Waals surface area (Å²) in [5, 5.41) is 0.892. The molecule has 146 valence electrons. The van der Waals surface area contributed by atoms with Crippen molar-refractivity contribution in [2.24, 2.45) is 0 Å². The van der Waals surface area contributed by atoms with E-state index in [9.17, 15) is 9.59 Å². The quantitative estimate of drug-likeness (QED) is 0.548. The predicted octanol–water partition coefficient (Wildman–Crippen LogP) is 5.63. The number of hydrogen-bond acceptors (Lipinski definition) is 3. The zero-order valence-electron chi connectivity index (χ0n) is 15.3. The maximum atomic E-state index is 13.0. The summed E-state index contributed by atoms with van der Waals surface area (Å²) in [7, 11) is 0. The van der Waals surface area contributed by atoms with E-state index < -0.39 is 6.09 Å². The number of imide groups is 1. The van der Waals surface area contributed by atoms with Gasteiger partial charge in [0.2, 0.25) is 5.91 Å². The minimum atomic E-state index is -0.586. The fourth-order valence-corrected chi connectivity index (χ4v) is 3.72. The molecule has 0 aromatic heterocycles. The van der Waals surface area contributed by atoms with Crippen LogP contribution in [-0.2, 0) is 16.0 Å². The van der Waals surface area contributed by atoms with E-state index in [1.165, 1.54) is 4.90 Å². The first-order valence-electron chi connectivity index (χ1n) is 9.08. The molecule has 0 N–H and O–H groups in total. The Hall–Kier alpha value is -2.30. The van der Waals surface area contributed by atoms with E-state index in [4.69, 9.17) is 27.9 Å². The van der Waals surface area contributed by atoms with Gasteiger partial charge in [-0.15, -0.1) is 6.58 Å². The van der Waals surface area contributed by atoms with Gasteiger partial charge in [-0.1, -0.05) is 65.7 Å². The topological polar surface area (TPSA) is 46.6 Å². The molecule has 1 aliphatic rings. The minimum Gasteiger partial charge on any atom is -0.447 e. The van der Waals surface area contributed by atoms with Gasteiger partial charge in [-0.25, -0.2) is 9.69 Å². The molecule has 1 aliphatic heterocycles. The van der Waals surface area contributed by atoms with Gasteiger partial charge in [0.05, 0.1) is 16.1 Å². The fourth-order valence-electron chi connectivity index (χ4n) is 3.42. The third-order valence-electron chi connectivity index (χ3n) is 4.83. The molecular weight excluding hydrogens is 397 g/mol. The number of amides is 2. The molecule has 2 atom stereocenters. The summed E-state index contributed by atoms with van der Waals surface area (Å²) >= 11 is 12.1. The fraction of sp³-hybridized carbons (Fsp3) is 0.273. The average Bonchev–Trinajstić information content (AvgIpc) is 3.04. The lowest BCUT2D eigenvalue weighted by molar-refractivity contribution is -0.129. The summed E-state index contributed by atoms with van der Waals surface area (Å²) in [6.45, 7) is 3.99. The lowest BCUT2D eigenvalue weighted by atomic mass is 9.91. The molecule has 4 nitrogen and oxygen atoms in total. The monoisotopic (exact) mass is 417 g/mol. The molecule has 0 radical (unpaired) electrons. The third kappa shape index (κ3) is 4.75. The molecule has 0 bridgehead atoms. The van der Waals surface area contributed by atoms with E-state index in [1.807, 2.05) is 36.4 Å². The standard InChI is InChI=1S/C22H21Cl2NO3/c1-2-6-16(17-9-10-19(23)20(24)12-17)13-21(26)25-18(14-28-22(25)27)11-15-7-4-3-5-8-15/h2-5,7-10,12,16,18H,1,6,11,13-14H2/t16-,18-/m0/s1. The largest absolute Gasteiger partial charge is 0.447 e. The molecule has 1 saturated heterocycles. The molecule has 0 saturated carbocycles. The van der Waals surface area contributed by atoms with Crippen LogP contribution in [-0.4, -0.2) is 29.5 Å². The van der Waals surface area contributed by atoms with Crippen molar-refractivity contribution < 1.29 is 14.3 Å². The number of carbonyl (C=O) groups excluding carboxylic acids is 2. The first kappa shape index (κ1) is 20.4. The van der Waals surface area contributed by atoms with Gasteiger partial charge >= 0.3 is 6.09 Å². The average molecular weight is 418 g/mol. The Bertz CT molecular complexity index is 869. The van der Waals surface area contributed by atoms with E-state index in [0.717, 1.165) is 11.1 Å². The van der Waals surface area contributed by atoms with E-state index >= 15 is 0 Å². The van der Waals surface area contributed by atoms with Crippen molar-refractivity contribution in [1.29, 1.82) is 0 Å². The Labute approximate surface area is 174 Å². The predicted molar refractivity (Wildman–Crippen MR) is 111 cm³/mol. The molecule has 6 heteroatoms. The summed E-state index contributed by atoms with van der Waals surface area (Å²) in [6.07, 6.45) is 2.47. The Morgan fingerprint density at radius 3 is 2.64 bits per heavy atom. The lowest BCUT2D eigenvalue weighted by Gasteiger charge is -2.23. The highest BCUT2D eigenvalue weighted by molar-refractivity contribution is 6.42.